The average Bonchev–Trinajstić information content (AvgIpc) is 2.06. The zero-order chi connectivity index (χ0) is 8.97. The molecular weight excluding hydrogens is 156 g/mol. The van der Waals surface area contributed by atoms with Crippen LogP contribution in [-0.2, 0) is 4.79 Å². The normalized spacial score (nSPS) is 19.2. The first-order chi connectivity index (χ1) is 5.70. The van der Waals surface area contributed by atoms with Crippen molar-refractivity contribution in [3.05, 3.63) is 0 Å². The third-order valence-corrected chi connectivity index (χ3v) is 2.17. The summed E-state index contributed by atoms with van der Waals surface area (Å²) in [6, 6.07) is 0. The molecule has 1 rings (SSSR count). The van der Waals surface area contributed by atoms with Crippen molar-refractivity contribution in [2.75, 3.05) is 26.7 Å². The summed E-state index contributed by atoms with van der Waals surface area (Å²) in [5, 5.41) is 9.47. The Morgan fingerprint density at radius 2 is 2.00 bits per heavy atom. The van der Waals surface area contributed by atoms with Crippen LogP contribution in [0.15, 0.2) is 0 Å². The van der Waals surface area contributed by atoms with Crippen LogP contribution in [-0.4, -0.2) is 47.8 Å². The Labute approximate surface area is 72.7 Å². The van der Waals surface area contributed by atoms with Gasteiger partial charge in [-0.05, 0) is 25.9 Å². The van der Waals surface area contributed by atoms with Crippen LogP contribution in [0.4, 0.5) is 0 Å². The fourth-order valence-corrected chi connectivity index (χ4v) is 1.41. The number of carbonyl (C=O) groups is 1. The molecule has 1 saturated heterocycles. The lowest BCUT2D eigenvalue weighted by atomic mass is 10.1. The van der Waals surface area contributed by atoms with Crippen LogP contribution in [0.3, 0.4) is 0 Å². The Kier molecular flexibility index (Phi) is 3.49. The molecule has 0 radical (unpaired) electrons. The molecule has 12 heavy (non-hydrogen) atoms. The second kappa shape index (κ2) is 4.42. The molecule has 1 aliphatic heterocycles. The molecule has 0 spiro atoms. The van der Waals surface area contributed by atoms with E-state index in [4.69, 9.17) is 5.21 Å². The highest BCUT2D eigenvalue weighted by molar-refractivity contribution is 5.76. The summed E-state index contributed by atoms with van der Waals surface area (Å²) in [5.74, 6) is -0.225. The molecule has 0 saturated carbocycles. The number of carbonyl (C=O) groups excluding carboxylic acids is 1. The second-order valence-corrected chi connectivity index (χ2v) is 3.25. The smallest absolute Gasteiger partial charge is 0.259 e. The quantitative estimate of drug-likeness (QED) is 0.482. The van der Waals surface area contributed by atoms with E-state index in [0.717, 1.165) is 13.1 Å². The molecule has 70 valence electrons. The lowest BCUT2D eigenvalue weighted by Gasteiger charge is -2.26. The highest BCUT2D eigenvalue weighted by Crippen LogP contribution is 2.07. The molecule has 0 aromatic rings. The number of likely N-dealkylation sites (tertiary alicyclic amines) is 1. The van der Waals surface area contributed by atoms with Crippen molar-refractivity contribution in [3.63, 3.8) is 0 Å². The number of amides is 1. The second-order valence-electron chi connectivity index (χ2n) is 3.25. The van der Waals surface area contributed by atoms with E-state index in [1.54, 1.807) is 0 Å². The monoisotopic (exact) mass is 172 g/mol. The SMILES string of the molecule is CN(O)C(=O)CN1CCCCC1. The first-order valence-corrected chi connectivity index (χ1v) is 4.38. The van der Waals surface area contributed by atoms with Gasteiger partial charge in [0, 0.05) is 7.05 Å². The van der Waals surface area contributed by atoms with E-state index in [0.29, 0.717) is 11.6 Å². The summed E-state index contributed by atoms with van der Waals surface area (Å²) in [7, 11) is 1.37. The van der Waals surface area contributed by atoms with Crippen molar-refractivity contribution < 1.29 is 10.0 Å². The van der Waals surface area contributed by atoms with Gasteiger partial charge in [-0.1, -0.05) is 6.42 Å². The van der Waals surface area contributed by atoms with E-state index in [2.05, 4.69) is 4.90 Å². The van der Waals surface area contributed by atoms with Gasteiger partial charge < -0.3 is 0 Å². The van der Waals surface area contributed by atoms with Crippen molar-refractivity contribution in [2.45, 2.75) is 19.3 Å². The Hall–Kier alpha value is -0.610. The van der Waals surface area contributed by atoms with E-state index in [1.165, 1.54) is 26.3 Å². The molecule has 4 nitrogen and oxygen atoms in total. The van der Waals surface area contributed by atoms with Crippen LogP contribution in [0, 0.1) is 0 Å². The number of hydroxylamine groups is 2. The van der Waals surface area contributed by atoms with Gasteiger partial charge in [0.05, 0.1) is 6.54 Å². The average molecular weight is 172 g/mol. The third-order valence-electron chi connectivity index (χ3n) is 2.17. The highest BCUT2D eigenvalue weighted by Gasteiger charge is 2.15. The van der Waals surface area contributed by atoms with Crippen molar-refractivity contribution in [2.24, 2.45) is 0 Å². The summed E-state index contributed by atoms with van der Waals surface area (Å²) in [6.45, 7) is 2.33. The molecule has 0 aromatic carbocycles. The minimum atomic E-state index is -0.225. The van der Waals surface area contributed by atoms with Gasteiger partial charge in [-0.25, -0.2) is 5.06 Å². The van der Waals surface area contributed by atoms with Gasteiger partial charge in [-0.3, -0.25) is 14.9 Å². The molecule has 0 unspecified atom stereocenters. The summed E-state index contributed by atoms with van der Waals surface area (Å²) in [4.78, 5) is 13.1. The minimum absolute atomic E-state index is 0.225. The zero-order valence-electron chi connectivity index (χ0n) is 7.49. The minimum Gasteiger partial charge on any atom is -0.294 e. The Morgan fingerprint density at radius 3 is 2.50 bits per heavy atom. The Morgan fingerprint density at radius 1 is 1.42 bits per heavy atom. The van der Waals surface area contributed by atoms with Crippen LogP contribution < -0.4 is 0 Å². The number of rotatable bonds is 2. The van der Waals surface area contributed by atoms with E-state index in [9.17, 15) is 4.79 Å². The molecular formula is C8H16N2O2. The number of hydrogen-bond donors (Lipinski definition) is 1. The molecule has 0 aliphatic carbocycles. The van der Waals surface area contributed by atoms with Gasteiger partial charge in [-0.15, -0.1) is 0 Å². The summed E-state index contributed by atoms with van der Waals surface area (Å²) >= 11 is 0. The third kappa shape index (κ3) is 2.79. The molecule has 1 heterocycles. The standard InChI is InChI=1S/C8H16N2O2/c1-9(12)8(11)7-10-5-3-2-4-6-10/h12H,2-7H2,1H3. The molecule has 0 atom stereocenters. The van der Waals surface area contributed by atoms with Crippen molar-refractivity contribution >= 4 is 5.91 Å². The molecule has 1 aliphatic rings. The van der Waals surface area contributed by atoms with Gasteiger partial charge in [-0.2, -0.15) is 0 Å². The van der Waals surface area contributed by atoms with Crippen LogP contribution in [0.25, 0.3) is 0 Å². The van der Waals surface area contributed by atoms with Gasteiger partial charge in [0.25, 0.3) is 5.91 Å². The van der Waals surface area contributed by atoms with Crippen molar-refractivity contribution in [1.82, 2.24) is 9.96 Å². The van der Waals surface area contributed by atoms with Crippen molar-refractivity contribution in [3.8, 4) is 0 Å². The number of piperidine rings is 1. The highest BCUT2D eigenvalue weighted by atomic mass is 16.5. The Balaban J connectivity index is 2.24. The van der Waals surface area contributed by atoms with Crippen molar-refractivity contribution in [1.29, 1.82) is 0 Å². The predicted octanol–water partition coefficient (Wildman–Crippen LogP) is 0.320. The number of nitrogens with zero attached hydrogens (tertiary/aromatic N) is 2. The largest absolute Gasteiger partial charge is 0.294 e. The van der Waals surface area contributed by atoms with Crippen LogP contribution in [0.1, 0.15) is 19.3 Å². The zero-order valence-corrected chi connectivity index (χ0v) is 7.49. The maximum Gasteiger partial charge on any atom is 0.259 e. The fraction of sp³-hybridized carbons (Fsp3) is 0.875. The lowest BCUT2D eigenvalue weighted by molar-refractivity contribution is -0.160. The summed E-state index contributed by atoms with van der Waals surface area (Å²) in [6.07, 6.45) is 3.60. The van der Waals surface area contributed by atoms with Gasteiger partial charge >= 0.3 is 0 Å². The molecule has 1 N–H and O–H groups in total. The summed E-state index contributed by atoms with van der Waals surface area (Å²) in [5.41, 5.74) is 0. The van der Waals surface area contributed by atoms with Crippen LogP contribution in [0.2, 0.25) is 0 Å². The number of likely N-dealkylation sites (N-methyl/N-ethyl adjacent to an activating group) is 1. The molecule has 4 heteroatoms. The predicted molar refractivity (Wildman–Crippen MR) is 44.8 cm³/mol. The van der Waals surface area contributed by atoms with E-state index >= 15 is 0 Å². The molecule has 0 bridgehead atoms. The fourth-order valence-electron chi connectivity index (χ4n) is 1.41. The first kappa shape index (κ1) is 9.48. The molecule has 1 amide bonds. The van der Waals surface area contributed by atoms with Crippen LogP contribution in [0.5, 0.6) is 0 Å². The first-order valence-electron chi connectivity index (χ1n) is 4.38. The van der Waals surface area contributed by atoms with Gasteiger partial charge in [0.2, 0.25) is 0 Å². The maximum atomic E-state index is 11.0. The van der Waals surface area contributed by atoms with E-state index in [1.807, 2.05) is 0 Å². The van der Waals surface area contributed by atoms with Gasteiger partial charge in [0.15, 0.2) is 0 Å². The molecule has 0 aromatic heterocycles. The van der Waals surface area contributed by atoms with E-state index in [-0.39, 0.29) is 5.91 Å². The topological polar surface area (TPSA) is 43.8 Å². The number of hydrogen-bond acceptors (Lipinski definition) is 3. The Bertz CT molecular complexity index is 153. The molecule has 1 fully saturated rings. The summed E-state index contributed by atoms with van der Waals surface area (Å²) < 4.78 is 0. The maximum absolute atomic E-state index is 11.0. The lowest BCUT2D eigenvalue weighted by Crippen LogP contribution is -2.39. The van der Waals surface area contributed by atoms with E-state index < -0.39 is 0 Å². The van der Waals surface area contributed by atoms with Crippen LogP contribution >= 0.6 is 0 Å². The van der Waals surface area contributed by atoms with Gasteiger partial charge in [0.1, 0.15) is 0 Å².